The van der Waals surface area contributed by atoms with Gasteiger partial charge in [0, 0.05) is 20.9 Å². The molecule has 3 heteroatoms. The van der Waals surface area contributed by atoms with E-state index in [9.17, 15) is 0 Å². The third kappa shape index (κ3) is 2.73. The van der Waals surface area contributed by atoms with Crippen LogP contribution in [0.3, 0.4) is 0 Å². The van der Waals surface area contributed by atoms with Gasteiger partial charge < -0.3 is 5.73 Å². The lowest BCUT2D eigenvalue weighted by Crippen LogP contribution is -1.92. The lowest BCUT2D eigenvalue weighted by Gasteiger charge is -2.02. The molecule has 0 aliphatic carbocycles. The molecule has 0 radical (unpaired) electrons. The normalized spacial score (nSPS) is 10.5. The minimum absolute atomic E-state index is 0.656. The first kappa shape index (κ1) is 12.3. The molecule has 1 aromatic heterocycles. The van der Waals surface area contributed by atoms with Crippen LogP contribution in [0.15, 0.2) is 46.0 Å². The number of hydrogen-bond acceptors (Lipinski definition) is 3. The van der Waals surface area contributed by atoms with Gasteiger partial charge in [0.1, 0.15) is 0 Å². The van der Waals surface area contributed by atoms with Crippen LogP contribution in [0.2, 0.25) is 0 Å². The van der Waals surface area contributed by atoms with Gasteiger partial charge >= 0.3 is 0 Å². The van der Waals surface area contributed by atoms with Gasteiger partial charge in [-0.2, -0.15) is 0 Å². The summed E-state index contributed by atoms with van der Waals surface area (Å²) in [7, 11) is 0. The number of hydrogen-bond donors (Lipinski definition) is 1. The van der Waals surface area contributed by atoms with E-state index in [1.807, 2.05) is 0 Å². The van der Waals surface area contributed by atoms with E-state index in [1.54, 1.807) is 23.1 Å². The molecule has 0 saturated heterocycles. The van der Waals surface area contributed by atoms with E-state index in [2.05, 4.69) is 50.1 Å². The zero-order chi connectivity index (χ0) is 12.4. The molecule has 1 nitrogen and oxygen atoms in total. The molecule has 0 aliphatic rings. The van der Waals surface area contributed by atoms with Crippen LogP contribution in [0, 0.1) is 13.8 Å². The Hall–Kier alpha value is -1.19. The standard InChI is InChI=1S/C14H15NS2/c1-9-4-6-12(7-5-9)17-13-8-16-14(10(13)2)11(3)15/h4-8H,3,15H2,1-2H3. The van der Waals surface area contributed by atoms with Gasteiger partial charge in [0.25, 0.3) is 0 Å². The molecule has 17 heavy (non-hydrogen) atoms. The highest BCUT2D eigenvalue weighted by Gasteiger charge is 2.09. The summed E-state index contributed by atoms with van der Waals surface area (Å²) in [4.78, 5) is 3.62. The molecular formula is C14H15NS2. The largest absolute Gasteiger partial charge is 0.398 e. The lowest BCUT2D eigenvalue weighted by molar-refractivity contribution is 1.32. The van der Waals surface area contributed by atoms with E-state index in [0.29, 0.717) is 5.70 Å². The van der Waals surface area contributed by atoms with Crippen LogP contribution in [-0.4, -0.2) is 0 Å². The Bertz CT molecular complexity index is 538. The molecular weight excluding hydrogens is 246 g/mol. The molecule has 0 amide bonds. The molecule has 0 spiro atoms. The molecule has 88 valence electrons. The van der Waals surface area contributed by atoms with Gasteiger partial charge in [-0.1, -0.05) is 36.0 Å². The van der Waals surface area contributed by atoms with Crippen LogP contribution in [0.5, 0.6) is 0 Å². The van der Waals surface area contributed by atoms with Crippen LogP contribution in [0.1, 0.15) is 16.0 Å². The van der Waals surface area contributed by atoms with Crippen molar-refractivity contribution >= 4 is 28.8 Å². The molecule has 0 bridgehead atoms. The van der Waals surface area contributed by atoms with Crippen molar-refractivity contribution in [2.45, 2.75) is 23.6 Å². The monoisotopic (exact) mass is 261 g/mol. The molecule has 0 aliphatic heterocycles. The van der Waals surface area contributed by atoms with Crippen molar-refractivity contribution in [3.63, 3.8) is 0 Å². The summed E-state index contributed by atoms with van der Waals surface area (Å²) in [6.45, 7) is 7.99. The fourth-order valence-electron chi connectivity index (χ4n) is 1.55. The maximum absolute atomic E-state index is 5.75. The quantitative estimate of drug-likeness (QED) is 0.883. The molecule has 0 atom stereocenters. The molecule has 0 saturated carbocycles. The summed E-state index contributed by atoms with van der Waals surface area (Å²) in [6.07, 6.45) is 0. The van der Waals surface area contributed by atoms with Crippen LogP contribution in [0.25, 0.3) is 5.70 Å². The second-order valence-electron chi connectivity index (χ2n) is 3.99. The van der Waals surface area contributed by atoms with E-state index in [1.165, 1.54) is 20.9 Å². The van der Waals surface area contributed by atoms with Crippen LogP contribution < -0.4 is 5.73 Å². The maximum Gasteiger partial charge on any atom is 0.0534 e. The molecule has 1 aromatic carbocycles. The molecule has 0 unspecified atom stereocenters. The topological polar surface area (TPSA) is 26.0 Å². The van der Waals surface area contributed by atoms with Gasteiger partial charge in [0.2, 0.25) is 0 Å². The van der Waals surface area contributed by atoms with Crippen molar-refractivity contribution < 1.29 is 0 Å². The van der Waals surface area contributed by atoms with Gasteiger partial charge in [-0.15, -0.1) is 11.3 Å². The number of thiophene rings is 1. The Morgan fingerprint density at radius 1 is 1.24 bits per heavy atom. The van der Waals surface area contributed by atoms with Crippen molar-refractivity contribution in [1.29, 1.82) is 0 Å². The third-order valence-corrected chi connectivity index (χ3v) is 4.99. The van der Waals surface area contributed by atoms with E-state index in [-0.39, 0.29) is 0 Å². The van der Waals surface area contributed by atoms with E-state index in [4.69, 9.17) is 5.73 Å². The van der Waals surface area contributed by atoms with Gasteiger partial charge in [-0.25, -0.2) is 0 Å². The number of benzene rings is 1. The first-order chi connectivity index (χ1) is 8.08. The predicted octanol–water partition coefficient (Wildman–Crippen LogP) is 4.45. The predicted molar refractivity (Wildman–Crippen MR) is 77.6 cm³/mol. The lowest BCUT2D eigenvalue weighted by atomic mass is 10.2. The highest BCUT2D eigenvalue weighted by molar-refractivity contribution is 7.99. The summed E-state index contributed by atoms with van der Waals surface area (Å²) in [6, 6.07) is 8.56. The van der Waals surface area contributed by atoms with E-state index >= 15 is 0 Å². The van der Waals surface area contributed by atoms with Gasteiger partial charge in [0.05, 0.1) is 4.88 Å². The zero-order valence-corrected chi connectivity index (χ0v) is 11.6. The van der Waals surface area contributed by atoms with Gasteiger partial charge in [-0.05, 0) is 31.5 Å². The summed E-state index contributed by atoms with van der Waals surface area (Å²) in [5.41, 5.74) is 8.92. The number of nitrogens with two attached hydrogens (primary N) is 1. The van der Waals surface area contributed by atoms with Crippen molar-refractivity contribution in [3.8, 4) is 0 Å². The Morgan fingerprint density at radius 3 is 2.41 bits per heavy atom. The Balaban J connectivity index is 2.24. The Kier molecular flexibility index (Phi) is 3.60. The Morgan fingerprint density at radius 2 is 1.88 bits per heavy atom. The van der Waals surface area contributed by atoms with Crippen molar-refractivity contribution in [2.75, 3.05) is 0 Å². The summed E-state index contributed by atoms with van der Waals surface area (Å²) >= 11 is 3.44. The second-order valence-corrected chi connectivity index (χ2v) is 5.99. The fraction of sp³-hybridized carbons (Fsp3) is 0.143. The molecule has 0 fully saturated rings. The summed E-state index contributed by atoms with van der Waals surface area (Å²) < 4.78 is 0. The van der Waals surface area contributed by atoms with Crippen LogP contribution in [-0.2, 0) is 0 Å². The highest BCUT2D eigenvalue weighted by Crippen LogP contribution is 2.36. The van der Waals surface area contributed by atoms with Crippen molar-refractivity contribution in [3.05, 3.63) is 52.2 Å². The minimum atomic E-state index is 0.656. The maximum atomic E-state index is 5.75. The number of aryl methyl sites for hydroxylation is 1. The molecule has 1 heterocycles. The second kappa shape index (κ2) is 4.98. The van der Waals surface area contributed by atoms with Crippen molar-refractivity contribution in [1.82, 2.24) is 0 Å². The fourth-order valence-corrected chi connectivity index (χ4v) is 3.57. The summed E-state index contributed by atoms with van der Waals surface area (Å²) in [5.74, 6) is 0. The van der Waals surface area contributed by atoms with Gasteiger partial charge in [-0.3, -0.25) is 0 Å². The summed E-state index contributed by atoms with van der Waals surface area (Å²) in [5, 5.41) is 2.15. The zero-order valence-electron chi connectivity index (χ0n) is 9.99. The first-order valence-corrected chi connectivity index (χ1v) is 7.05. The van der Waals surface area contributed by atoms with Crippen LogP contribution in [0.4, 0.5) is 0 Å². The smallest absolute Gasteiger partial charge is 0.0534 e. The first-order valence-electron chi connectivity index (χ1n) is 5.35. The van der Waals surface area contributed by atoms with Crippen molar-refractivity contribution in [2.24, 2.45) is 5.73 Å². The SMILES string of the molecule is C=C(N)c1scc(Sc2ccc(C)cc2)c1C. The average Bonchev–Trinajstić information content (AvgIpc) is 2.64. The molecule has 2 N–H and O–H groups in total. The average molecular weight is 261 g/mol. The van der Waals surface area contributed by atoms with Gasteiger partial charge in [0.15, 0.2) is 0 Å². The molecule has 2 rings (SSSR count). The molecule has 2 aromatic rings. The van der Waals surface area contributed by atoms with E-state index < -0.39 is 0 Å². The number of rotatable bonds is 3. The minimum Gasteiger partial charge on any atom is -0.398 e. The Labute approximate surface area is 110 Å². The van der Waals surface area contributed by atoms with E-state index in [0.717, 1.165) is 4.88 Å². The highest BCUT2D eigenvalue weighted by atomic mass is 32.2. The van der Waals surface area contributed by atoms with Crippen LogP contribution >= 0.6 is 23.1 Å². The third-order valence-electron chi connectivity index (χ3n) is 2.53.